The summed E-state index contributed by atoms with van der Waals surface area (Å²) in [6, 6.07) is 12.6. The van der Waals surface area contributed by atoms with Crippen molar-refractivity contribution < 1.29 is 33.3 Å². The normalized spacial score (nSPS) is 19.6. The molecule has 40 heavy (non-hydrogen) atoms. The number of ether oxygens (including phenoxy) is 3. The van der Waals surface area contributed by atoms with Gasteiger partial charge in [-0.25, -0.2) is 4.39 Å². The highest BCUT2D eigenvalue weighted by molar-refractivity contribution is 5.96. The van der Waals surface area contributed by atoms with Gasteiger partial charge in [-0.3, -0.25) is 9.59 Å². The quantitative estimate of drug-likeness (QED) is 0.434. The molecule has 6 rings (SSSR count). The molecular weight excluding hydrogens is 513 g/mol. The maximum atomic E-state index is 15.3. The van der Waals surface area contributed by atoms with Crippen LogP contribution in [0.2, 0.25) is 0 Å². The third-order valence-electron chi connectivity index (χ3n) is 8.19. The summed E-state index contributed by atoms with van der Waals surface area (Å²) in [6.45, 7) is 6.60. The topological polar surface area (TPSA) is 85.3 Å². The SMILES string of the molecule is Cc1cc(C(=O)N2CCOCC2)cc(C)c1-c1ccc(F)c2c1CCC2Oc1ccc2c(c1)OCC2CC(=O)O. The van der Waals surface area contributed by atoms with Crippen LogP contribution in [0.1, 0.15) is 63.0 Å². The van der Waals surface area contributed by atoms with Crippen LogP contribution in [0.4, 0.5) is 4.39 Å². The lowest BCUT2D eigenvalue weighted by atomic mass is 9.89. The van der Waals surface area contributed by atoms with Crippen LogP contribution in [0.3, 0.4) is 0 Å². The van der Waals surface area contributed by atoms with Gasteiger partial charge in [0.2, 0.25) is 0 Å². The number of nitrogens with zero attached hydrogens (tertiary/aromatic N) is 1. The third kappa shape index (κ3) is 4.81. The van der Waals surface area contributed by atoms with Crippen molar-refractivity contribution >= 4 is 11.9 Å². The first-order valence-corrected chi connectivity index (χ1v) is 13.7. The summed E-state index contributed by atoms with van der Waals surface area (Å²) in [5, 5.41) is 9.16. The Morgan fingerprint density at radius 1 is 1.07 bits per heavy atom. The highest BCUT2D eigenvalue weighted by Gasteiger charge is 2.32. The Morgan fingerprint density at radius 2 is 1.82 bits per heavy atom. The number of hydrogen-bond donors (Lipinski definition) is 1. The van der Waals surface area contributed by atoms with Gasteiger partial charge in [0.25, 0.3) is 5.91 Å². The molecule has 1 amide bonds. The lowest BCUT2D eigenvalue weighted by Crippen LogP contribution is -2.40. The maximum absolute atomic E-state index is 15.3. The third-order valence-corrected chi connectivity index (χ3v) is 8.19. The number of hydrogen-bond acceptors (Lipinski definition) is 5. The summed E-state index contributed by atoms with van der Waals surface area (Å²) < 4.78 is 32.7. The Labute approximate surface area is 232 Å². The molecule has 7 nitrogen and oxygen atoms in total. The molecule has 3 aromatic rings. The van der Waals surface area contributed by atoms with Crippen LogP contribution in [0.5, 0.6) is 11.5 Å². The molecule has 3 aromatic carbocycles. The average molecular weight is 546 g/mol. The van der Waals surface area contributed by atoms with Crippen molar-refractivity contribution in [1.82, 2.24) is 4.90 Å². The Kier molecular flexibility index (Phi) is 6.96. The van der Waals surface area contributed by atoms with E-state index in [2.05, 4.69) is 0 Å². The number of carboxylic acid groups (broad SMARTS) is 1. The Morgan fingerprint density at radius 3 is 2.55 bits per heavy atom. The molecule has 2 atom stereocenters. The number of amides is 1. The number of carbonyl (C=O) groups is 2. The van der Waals surface area contributed by atoms with Crippen LogP contribution in [-0.2, 0) is 16.0 Å². The van der Waals surface area contributed by atoms with Crippen LogP contribution in [0.15, 0.2) is 42.5 Å². The van der Waals surface area contributed by atoms with Crippen LogP contribution in [0.25, 0.3) is 11.1 Å². The van der Waals surface area contributed by atoms with Crippen molar-refractivity contribution in [2.75, 3.05) is 32.9 Å². The molecule has 0 aromatic heterocycles. The number of halogens is 1. The summed E-state index contributed by atoms with van der Waals surface area (Å²) >= 11 is 0. The summed E-state index contributed by atoms with van der Waals surface area (Å²) in [7, 11) is 0. The molecule has 0 spiro atoms. The smallest absolute Gasteiger partial charge is 0.304 e. The molecule has 0 radical (unpaired) electrons. The number of rotatable bonds is 6. The second kappa shape index (κ2) is 10.6. The van der Waals surface area contributed by atoms with Gasteiger partial charge in [0, 0.05) is 41.8 Å². The first-order valence-electron chi connectivity index (χ1n) is 13.7. The minimum atomic E-state index is -0.862. The van der Waals surface area contributed by atoms with E-state index in [4.69, 9.17) is 19.3 Å². The Balaban J connectivity index is 1.27. The zero-order valence-corrected chi connectivity index (χ0v) is 22.7. The van der Waals surface area contributed by atoms with Gasteiger partial charge < -0.3 is 24.2 Å². The second-order valence-corrected chi connectivity index (χ2v) is 10.8. The van der Waals surface area contributed by atoms with Gasteiger partial charge in [0.1, 0.15) is 23.4 Å². The highest BCUT2D eigenvalue weighted by Crippen LogP contribution is 2.45. The molecular formula is C32H32FNO6. The molecule has 2 aliphatic heterocycles. The number of aliphatic carboxylic acids is 1. The minimum absolute atomic E-state index is 0.00598. The van der Waals surface area contributed by atoms with Crippen molar-refractivity contribution in [3.63, 3.8) is 0 Å². The fourth-order valence-electron chi connectivity index (χ4n) is 6.36. The van der Waals surface area contributed by atoms with E-state index in [9.17, 15) is 9.59 Å². The minimum Gasteiger partial charge on any atom is -0.492 e. The molecule has 1 aliphatic carbocycles. The highest BCUT2D eigenvalue weighted by atomic mass is 19.1. The maximum Gasteiger partial charge on any atom is 0.304 e. The van der Waals surface area contributed by atoms with Crippen molar-refractivity contribution in [2.24, 2.45) is 0 Å². The van der Waals surface area contributed by atoms with Gasteiger partial charge >= 0.3 is 5.97 Å². The largest absolute Gasteiger partial charge is 0.492 e. The van der Waals surface area contributed by atoms with E-state index < -0.39 is 12.1 Å². The van der Waals surface area contributed by atoms with Crippen LogP contribution < -0.4 is 9.47 Å². The van der Waals surface area contributed by atoms with Crippen LogP contribution >= 0.6 is 0 Å². The molecule has 1 N–H and O–H groups in total. The number of benzene rings is 3. The fraction of sp³-hybridized carbons (Fsp3) is 0.375. The first-order chi connectivity index (χ1) is 19.3. The van der Waals surface area contributed by atoms with Crippen molar-refractivity contribution in [2.45, 2.75) is 45.1 Å². The number of aryl methyl sites for hydroxylation is 2. The summed E-state index contributed by atoms with van der Waals surface area (Å²) in [5.74, 6) is -0.152. The molecule has 0 bridgehead atoms. The summed E-state index contributed by atoms with van der Waals surface area (Å²) in [4.78, 5) is 26.1. The molecule has 1 fully saturated rings. The molecule has 8 heteroatoms. The summed E-state index contributed by atoms with van der Waals surface area (Å²) in [6.07, 6.45) is 0.863. The molecule has 208 valence electrons. The lowest BCUT2D eigenvalue weighted by molar-refractivity contribution is -0.137. The lowest BCUT2D eigenvalue weighted by Gasteiger charge is -2.27. The molecule has 2 heterocycles. The number of carboxylic acids is 1. The molecule has 0 saturated carbocycles. The van der Waals surface area contributed by atoms with Crippen LogP contribution in [-0.4, -0.2) is 54.8 Å². The Bertz CT molecular complexity index is 1470. The second-order valence-electron chi connectivity index (χ2n) is 10.8. The zero-order chi connectivity index (χ0) is 28.0. The van der Waals surface area contributed by atoms with Crippen molar-refractivity contribution in [3.05, 3.63) is 81.7 Å². The van der Waals surface area contributed by atoms with Crippen molar-refractivity contribution in [1.29, 1.82) is 0 Å². The molecule has 1 saturated heterocycles. The van der Waals surface area contributed by atoms with Crippen LogP contribution in [0, 0.1) is 19.7 Å². The first kappa shape index (κ1) is 26.3. The van der Waals surface area contributed by atoms with Gasteiger partial charge in [0.15, 0.2) is 0 Å². The monoisotopic (exact) mass is 545 g/mol. The van der Waals surface area contributed by atoms with E-state index in [1.54, 1.807) is 12.1 Å². The fourth-order valence-corrected chi connectivity index (χ4v) is 6.36. The zero-order valence-electron chi connectivity index (χ0n) is 22.7. The van der Waals surface area contributed by atoms with Gasteiger partial charge in [-0.1, -0.05) is 12.1 Å². The van der Waals surface area contributed by atoms with E-state index in [1.807, 2.05) is 43.0 Å². The van der Waals surface area contributed by atoms with Gasteiger partial charge in [-0.2, -0.15) is 0 Å². The number of carbonyl (C=O) groups excluding carboxylic acids is 1. The van der Waals surface area contributed by atoms with Gasteiger partial charge in [-0.05, 0) is 78.8 Å². The molecule has 2 unspecified atom stereocenters. The van der Waals surface area contributed by atoms with Crippen molar-refractivity contribution in [3.8, 4) is 22.6 Å². The van der Waals surface area contributed by atoms with E-state index in [1.165, 1.54) is 6.07 Å². The van der Waals surface area contributed by atoms with E-state index in [-0.39, 0.29) is 24.1 Å². The Hall–Kier alpha value is -3.91. The van der Waals surface area contributed by atoms with Gasteiger partial charge in [0.05, 0.1) is 26.2 Å². The number of morpholine rings is 1. The summed E-state index contributed by atoms with van der Waals surface area (Å²) in [5.41, 5.74) is 6.95. The number of fused-ring (bicyclic) bond motifs is 2. The molecule has 3 aliphatic rings. The predicted octanol–water partition coefficient (Wildman–Crippen LogP) is 5.60. The van der Waals surface area contributed by atoms with E-state index >= 15 is 4.39 Å². The van der Waals surface area contributed by atoms with E-state index in [0.29, 0.717) is 68.4 Å². The predicted molar refractivity (Wildman–Crippen MR) is 147 cm³/mol. The van der Waals surface area contributed by atoms with E-state index in [0.717, 1.165) is 33.4 Å². The standard InChI is InChI=1S/C32H32FNO6/c1-18-13-20(32(37)34-9-11-38-12-10-34)14-19(2)30(18)24-5-7-26(33)31-25(24)6-8-27(31)40-22-3-4-23-21(15-29(35)36)17-39-28(23)16-22/h3-5,7,13-14,16,21,27H,6,8-12,15,17H2,1-2H3,(H,35,36). The average Bonchev–Trinajstić information content (AvgIpc) is 3.54. The van der Waals surface area contributed by atoms with Gasteiger partial charge in [-0.15, -0.1) is 0 Å².